The quantitative estimate of drug-likeness (QED) is 0.583. The van der Waals surface area contributed by atoms with Gasteiger partial charge >= 0.3 is 6.61 Å². The van der Waals surface area contributed by atoms with Crippen molar-refractivity contribution in [3.05, 3.63) is 59.9 Å². The summed E-state index contributed by atoms with van der Waals surface area (Å²) in [6.45, 7) is -1.53. The van der Waals surface area contributed by atoms with Crippen molar-refractivity contribution >= 4 is 22.8 Å². The van der Waals surface area contributed by atoms with Gasteiger partial charge in [-0.2, -0.15) is 8.78 Å². The summed E-state index contributed by atoms with van der Waals surface area (Å²) in [4.78, 5) is 24.5. The summed E-state index contributed by atoms with van der Waals surface area (Å²) >= 11 is 0. The molecule has 0 spiro atoms. The lowest BCUT2D eigenvalue weighted by Gasteiger charge is -2.13. The molecule has 9 heteroatoms. The molecule has 30 heavy (non-hydrogen) atoms. The summed E-state index contributed by atoms with van der Waals surface area (Å²) in [5.41, 5.74) is 0.849. The van der Waals surface area contributed by atoms with Gasteiger partial charge in [0, 0.05) is 10.9 Å². The molecule has 0 unspecified atom stereocenters. The summed E-state index contributed by atoms with van der Waals surface area (Å²) in [5, 5.41) is 6.14. The van der Waals surface area contributed by atoms with Gasteiger partial charge in [0.25, 0.3) is 5.91 Å². The van der Waals surface area contributed by atoms with Gasteiger partial charge in [-0.05, 0) is 37.3 Å². The molecule has 158 valence electrons. The van der Waals surface area contributed by atoms with Gasteiger partial charge in [-0.3, -0.25) is 9.59 Å². The highest BCUT2D eigenvalue weighted by molar-refractivity contribution is 5.97. The lowest BCUT2D eigenvalue weighted by Crippen LogP contribution is -2.37. The first-order chi connectivity index (χ1) is 14.4. The van der Waals surface area contributed by atoms with Crippen molar-refractivity contribution < 1.29 is 32.3 Å². The van der Waals surface area contributed by atoms with E-state index in [1.165, 1.54) is 25.3 Å². The number of benzene rings is 2. The predicted octanol–water partition coefficient (Wildman–Crippen LogP) is 3.65. The van der Waals surface area contributed by atoms with Crippen LogP contribution in [0.2, 0.25) is 0 Å². The van der Waals surface area contributed by atoms with Crippen molar-refractivity contribution in [1.29, 1.82) is 0 Å². The van der Waals surface area contributed by atoms with Crippen LogP contribution < -0.4 is 20.1 Å². The second-order valence-electron chi connectivity index (χ2n) is 6.40. The van der Waals surface area contributed by atoms with Gasteiger partial charge < -0.3 is 24.5 Å². The Bertz CT molecular complexity index is 1020. The van der Waals surface area contributed by atoms with E-state index < -0.39 is 24.5 Å². The number of rotatable bonds is 8. The average Bonchev–Trinajstić information content (AvgIpc) is 3.16. The van der Waals surface area contributed by atoms with E-state index in [0.717, 1.165) is 11.0 Å². The van der Waals surface area contributed by atoms with E-state index in [1.54, 1.807) is 6.92 Å². The lowest BCUT2D eigenvalue weighted by molar-refractivity contribution is -0.120. The maximum Gasteiger partial charge on any atom is 0.387 e. The number of carbonyl (C=O) groups excluding carboxylic acids is 2. The molecule has 0 aliphatic carbocycles. The summed E-state index contributed by atoms with van der Waals surface area (Å²) in [6.07, 6.45) is 0. The SMILES string of the molecule is COc1cc(C(=O)NCC(=O)N[C@H](C)c2cc3ccccc3o2)ccc1OC(F)F. The first kappa shape index (κ1) is 21.1. The van der Waals surface area contributed by atoms with Crippen LogP contribution in [0.15, 0.2) is 52.9 Å². The van der Waals surface area contributed by atoms with Crippen LogP contribution in [0, 0.1) is 0 Å². The molecular formula is C21H20F2N2O5. The van der Waals surface area contributed by atoms with Crippen molar-refractivity contribution in [3.63, 3.8) is 0 Å². The minimum atomic E-state index is -3.02. The summed E-state index contributed by atoms with van der Waals surface area (Å²) in [7, 11) is 1.27. The van der Waals surface area contributed by atoms with Gasteiger partial charge in [0.05, 0.1) is 19.7 Å². The van der Waals surface area contributed by atoms with Crippen LogP contribution in [0.1, 0.15) is 29.1 Å². The molecule has 2 amide bonds. The Hall–Kier alpha value is -3.62. The number of halogens is 2. The Morgan fingerprint density at radius 2 is 1.87 bits per heavy atom. The molecule has 1 aromatic heterocycles. The highest BCUT2D eigenvalue weighted by atomic mass is 19.3. The maximum absolute atomic E-state index is 12.4. The first-order valence-electron chi connectivity index (χ1n) is 9.06. The minimum Gasteiger partial charge on any atom is -0.493 e. The second-order valence-corrected chi connectivity index (χ2v) is 6.40. The zero-order chi connectivity index (χ0) is 21.7. The molecule has 0 saturated carbocycles. The molecule has 1 atom stereocenters. The fourth-order valence-corrected chi connectivity index (χ4v) is 2.84. The van der Waals surface area contributed by atoms with Crippen molar-refractivity contribution in [2.45, 2.75) is 19.6 Å². The smallest absolute Gasteiger partial charge is 0.387 e. The van der Waals surface area contributed by atoms with Gasteiger partial charge in [0.2, 0.25) is 5.91 Å². The summed E-state index contributed by atoms with van der Waals surface area (Å²) < 4.78 is 39.8. The number of methoxy groups -OCH3 is 1. The number of hydrogen-bond donors (Lipinski definition) is 2. The standard InChI is InChI=1S/C21H20F2N2O5/c1-12(17-9-13-5-3-4-6-15(13)29-17)25-19(26)11-24-20(27)14-7-8-16(30-21(22)23)18(10-14)28-2/h3-10,12,21H,11H2,1-2H3,(H,24,27)(H,25,26)/t12-/m1/s1. The van der Waals surface area contributed by atoms with E-state index in [9.17, 15) is 18.4 Å². The number of alkyl halides is 2. The number of hydrogen-bond acceptors (Lipinski definition) is 5. The Morgan fingerprint density at radius 3 is 2.57 bits per heavy atom. The normalized spacial score (nSPS) is 11.9. The van der Waals surface area contributed by atoms with E-state index in [0.29, 0.717) is 5.76 Å². The van der Waals surface area contributed by atoms with Crippen molar-refractivity contribution in [1.82, 2.24) is 10.6 Å². The number of ether oxygens (including phenoxy) is 2. The maximum atomic E-state index is 12.4. The fourth-order valence-electron chi connectivity index (χ4n) is 2.84. The number of fused-ring (bicyclic) bond motifs is 1. The van der Waals surface area contributed by atoms with Crippen LogP contribution in [-0.2, 0) is 4.79 Å². The molecule has 7 nitrogen and oxygen atoms in total. The molecule has 0 radical (unpaired) electrons. The van der Waals surface area contributed by atoms with Crippen molar-refractivity contribution in [3.8, 4) is 11.5 Å². The van der Waals surface area contributed by atoms with Crippen LogP contribution in [0.5, 0.6) is 11.5 Å². The minimum absolute atomic E-state index is 0.0223. The highest BCUT2D eigenvalue weighted by Crippen LogP contribution is 2.29. The number of furan rings is 1. The molecule has 2 aromatic carbocycles. The van der Waals surface area contributed by atoms with E-state index >= 15 is 0 Å². The molecule has 2 N–H and O–H groups in total. The zero-order valence-electron chi connectivity index (χ0n) is 16.3. The molecule has 0 bridgehead atoms. The summed E-state index contributed by atoms with van der Waals surface area (Å²) in [5.74, 6) is -0.605. The van der Waals surface area contributed by atoms with Crippen LogP contribution in [0.25, 0.3) is 11.0 Å². The molecule has 0 aliphatic rings. The lowest BCUT2D eigenvalue weighted by atomic mass is 10.2. The largest absolute Gasteiger partial charge is 0.493 e. The topological polar surface area (TPSA) is 89.8 Å². The Morgan fingerprint density at radius 1 is 1.10 bits per heavy atom. The van der Waals surface area contributed by atoms with Crippen LogP contribution >= 0.6 is 0 Å². The number of para-hydroxylation sites is 1. The van der Waals surface area contributed by atoms with Crippen molar-refractivity contribution in [2.75, 3.05) is 13.7 Å². The molecular weight excluding hydrogens is 398 g/mol. The number of amides is 2. The first-order valence-corrected chi connectivity index (χ1v) is 9.06. The van der Waals surface area contributed by atoms with Gasteiger partial charge in [-0.1, -0.05) is 18.2 Å². The monoisotopic (exact) mass is 418 g/mol. The van der Waals surface area contributed by atoms with Crippen LogP contribution in [0.3, 0.4) is 0 Å². The number of carbonyl (C=O) groups is 2. The molecule has 0 saturated heterocycles. The van der Waals surface area contributed by atoms with Gasteiger partial charge in [-0.15, -0.1) is 0 Å². The van der Waals surface area contributed by atoms with Gasteiger partial charge in [0.15, 0.2) is 11.5 Å². The third kappa shape index (κ3) is 5.05. The molecule has 3 rings (SSSR count). The molecule has 0 aliphatic heterocycles. The molecule has 1 heterocycles. The van der Waals surface area contributed by atoms with Crippen LogP contribution in [-0.4, -0.2) is 32.1 Å². The number of nitrogens with one attached hydrogen (secondary N) is 2. The third-order valence-corrected chi connectivity index (χ3v) is 4.30. The van der Waals surface area contributed by atoms with Gasteiger partial charge in [-0.25, -0.2) is 0 Å². The average molecular weight is 418 g/mol. The Balaban J connectivity index is 1.56. The molecule has 0 fully saturated rings. The summed E-state index contributed by atoms with van der Waals surface area (Å²) in [6, 6.07) is 12.7. The molecule has 3 aromatic rings. The second kappa shape index (κ2) is 9.25. The fraction of sp³-hybridized carbons (Fsp3) is 0.238. The predicted molar refractivity (Wildman–Crippen MR) is 105 cm³/mol. The van der Waals surface area contributed by atoms with Crippen LogP contribution in [0.4, 0.5) is 8.78 Å². The zero-order valence-corrected chi connectivity index (χ0v) is 16.3. The van der Waals surface area contributed by atoms with E-state index in [4.69, 9.17) is 9.15 Å². The highest BCUT2D eigenvalue weighted by Gasteiger charge is 2.17. The van der Waals surface area contributed by atoms with Crippen molar-refractivity contribution in [2.24, 2.45) is 0 Å². The van der Waals surface area contributed by atoms with E-state index in [-0.39, 0.29) is 23.6 Å². The Labute approximate surface area is 171 Å². The Kier molecular flexibility index (Phi) is 6.51. The van der Waals surface area contributed by atoms with E-state index in [1.807, 2.05) is 30.3 Å². The van der Waals surface area contributed by atoms with Gasteiger partial charge in [0.1, 0.15) is 11.3 Å². The third-order valence-electron chi connectivity index (χ3n) is 4.30. The van der Waals surface area contributed by atoms with E-state index in [2.05, 4.69) is 15.4 Å².